The predicted molar refractivity (Wildman–Crippen MR) is 150 cm³/mol. The number of benzene rings is 3. The lowest BCUT2D eigenvalue weighted by atomic mass is 9.94. The molecule has 0 fully saturated rings. The topological polar surface area (TPSA) is 110 Å². The molecule has 200 valence electrons. The van der Waals surface area contributed by atoms with Crippen LogP contribution in [-0.2, 0) is 17.8 Å². The smallest absolute Gasteiger partial charge is 0.261 e. The van der Waals surface area contributed by atoms with Crippen molar-refractivity contribution in [3.8, 4) is 5.69 Å². The van der Waals surface area contributed by atoms with Crippen LogP contribution < -0.4 is 5.32 Å². The molecular formula is C30H25N5O4S. The highest BCUT2D eigenvalue weighted by molar-refractivity contribution is 7.99. The van der Waals surface area contributed by atoms with Crippen LogP contribution >= 0.6 is 11.8 Å². The summed E-state index contributed by atoms with van der Waals surface area (Å²) in [4.78, 5) is 40.3. The first-order valence-corrected chi connectivity index (χ1v) is 13.9. The van der Waals surface area contributed by atoms with Crippen molar-refractivity contribution in [2.45, 2.75) is 24.5 Å². The van der Waals surface area contributed by atoms with Gasteiger partial charge in [0.1, 0.15) is 11.6 Å². The fraction of sp³-hybridized carbons (Fsp3) is 0.167. The molecular weight excluding hydrogens is 526 g/mol. The summed E-state index contributed by atoms with van der Waals surface area (Å²) in [6, 6.07) is 24.3. The van der Waals surface area contributed by atoms with Gasteiger partial charge in [-0.25, -0.2) is 0 Å². The highest BCUT2D eigenvalue weighted by Crippen LogP contribution is 2.30. The number of hydrogen-bond acceptors (Lipinski definition) is 7. The molecule has 0 spiro atoms. The van der Waals surface area contributed by atoms with Crippen LogP contribution in [0.1, 0.15) is 38.7 Å². The molecule has 3 amide bonds. The van der Waals surface area contributed by atoms with E-state index in [4.69, 9.17) is 4.42 Å². The molecule has 9 nitrogen and oxygen atoms in total. The number of furan rings is 1. The zero-order valence-corrected chi connectivity index (χ0v) is 22.3. The van der Waals surface area contributed by atoms with E-state index in [1.807, 2.05) is 59.2 Å². The van der Waals surface area contributed by atoms with E-state index in [1.54, 1.807) is 30.5 Å². The number of para-hydroxylation sites is 1. The third-order valence-electron chi connectivity index (χ3n) is 6.72. The summed E-state index contributed by atoms with van der Waals surface area (Å²) in [5, 5.41) is 13.8. The van der Waals surface area contributed by atoms with Crippen LogP contribution in [0.5, 0.6) is 0 Å². The maximum absolute atomic E-state index is 13.3. The van der Waals surface area contributed by atoms with Crippen LogP contribution in [0.4, 0.5) is 0 Å². The van der Waals surface area contributed by atoms with Gasteiger partial charge < -0.3 is 9.73 Å². The summed E-state index contributed by atoms with van der Waals surface area (Å²) in [6.45, 7) is 0.567. The van der Waals surface area contributed by atoms with Gasteiger partial charge in [-0.05, 0) is 48.2 Å². The van der Waals surface area contributed by atoms with Gasteiger partial charge in [-0.2, -0.15) is 0 Å². The van der Waals surface area contributed by atoms with Crippen molar-refractivity contribution in [2.75, 3.05) is 12.3 Å². The first kappa shape index (κ1) is 25.6. The molecule has 0 atom stereocenters. The molecule has 3 heterocycles. The Balaban J connectivity index is 1.15. The minimum absolute atomic E-state index is 0.150. The Morgan fingerprint density at radius 2 is 1.62 bits per heavy atom. The number of nitrogens with zero attached hydrogens (tertiary/aromatic N) is 4. The lowest BCUT2D eigenvalue weighted by molar-refractivity contribution is -0.118. The number of aromatic nitrogens is 3. The number of carbonyl (C=O) groups excluding carboxylic acids is 3. The molecule has 0 bridgehead atoms. The molecule has 0 unspecified atom stereocenters. The Morgan fingerprint density at radius 3 is 2.33 bits per heavy atom. The summed E-state index contributed by atoms with van der Waals surface area (Å²) in [5.41, 5.74) is 1.96. The van der Waals surface area contributed by atoms with Gasteiger partial charge in [0.25, 0.3) is 11.8 Å². The monoisotopic (exact) mass is 551 g/mol. The molecule has 3 aromatic carbocycles. The summed E-state index contributed by atoms with van der Waals surface area (Å²) in [5.74, 6) is 0.810. The first-order chi connectivity index (χ1) is 19.6. The van der Waals surface area contributed by atoms with E-state index in [2.05, 4.69) is 15.5 Å². The molecule has 0 saturated heterocycles. The maximum Gasteiger partial charge on any atom is 0.261 e. The van der Waals surface area contributed by atoms with E-state index >= 15 is 0 Å². The average Bonchev–Trinajstić information content (AvgIpc) is 3.66. The highest BCUT2D eigenvalue weighted by Gasteiger charge is 2.32. The van der Waals surface area contributed by atoms with E-state index in [9.17, 15) is 14.4 Å². The van der Waals surface area contributed by atoms with Gasteiger partial charge in [0.15, 0.2) is 5.16 Å². The zero-order valence-electron chi connectivity index (χ0n) is 21.4. The molecule has 1 N–H and O–H groups in total. The number of nitrogens with one attached hydrogen (secondary N) is 1. The zero-order chi connectivity index (χ0) is 27.5. The Kier molecular flexibility index (Phi) is 7.15. The van der Waals surface area contributed by atoms with Crippen molar-refractivity contribution in [1.29, 1.82) is 0 Å². The van der Waals surface area contributed by atoms with Crippen LogP contribution in [0.25, 0.3) is 16.5 Å². The normalized spacial score (nSPS) is 12.8. The Labute approximate surface area is 234 Å². The van der Waals surface area contributed by atoms with Crippen molar-refractivity contribution in [3.63, 3.8) is 0 Å². The van der Waals surface area contributed by atoms with Crippen molar-refractivity contribution >= 4 is 40.3 Å². The predicted octanol–water partition coefficient (Wildman–Crippen LogP) is 4.65. The van der Waals surface area contributed by atoms with Crippen molar-refractivity contribution in [2.24, 2.45) is 0 Å². The largest absolute Gasteiger partial charge is 0.467 e. The molecule has 1 aliphatic heterocycles. The molecule has 0 aliphatic carbocycles. The van der Waals surface area contributed by atoms with Gasteiger partial charge in [-0.15, -0.1) is 10.2 Å². The average molecular weight is 552 g/mol. The number of thioether (sulfide) groups is 1. The maximum atomic E-state index is 13.3. The lowest BCUT2D eigenvalue weighted by Crippen LogP contribution is -2.41. The Morgan fingerprint density at radius 1 is 0.875 bits per heavy atom. The van der Waals surface area contributed by atoms with E-state index in [1.165, 1.54) is 16.7 Å². The van der Waals surface area contributed by atoms with E-state index < -0.39 is 0 Å². The lowest BCUT2D eigenvalue weighted by Gasteiger charge is -2.27. The minimum atomic E-state index is -0.282. The van der Waals surface area contributed by atoms with Gasteiger partial charge in [-0.1, -0.05) is 54.2 Å². The van der Waals surface area contributed by atoms with Crippen molar-refractivity contribution in [1.82, 2.24) is 25.0 Å². The summed E-state index contributed by atoms with van der Waals surface area (Å²) in [6.07, 6.45) is 2.56. The van der Waals surface area contributed by atoms with E-state index in [0.717, 1.165) is 16.5 Å². The van der Waals surface area contributed by atoms with Crippen molar-refractivity contribution < 1.29 is 18.8 Å². The Bertz CT molecular complexity index is 1650. The molecule has 40 heavy (non-hydrogen) atoms. The number of hydrogen-bond donors (Lipinski definition) is 1. The number of amides is 3. The summed E-state index contributed by atoms with van der Waals surface area (Å²) < 4.78 is 7.18. The second kappa shape index (κ2) is 11.2. The molecule has 0 radical (unpaired) electrons. The van der Waals surface area contributed by atoms with Gasteiger partial charge in [0.2, 0.25) is 5.91 Å². The molecule has 0 saturated carbocycles. The third-order valence-corrected chi connectivity index (χ3v) is 7.65. The standard InChI is InChI=1S/C30H25N5O4S/c36-26(31-18-22-12-7-17-39-22)19-40-30-33-32-25(35(30)21-10-2-1-3-11-21)15-6-16-34-28(37)23-13-4-8-20-9-5-14-24(27(20)23)29(34)38/h1-5,7-14,17H,6,15-16,18-19H2,(H,31,36). The molecule has 5 aromatic rings. The first-order valence-electron chi connectivity index (χ1n) is 12.9. The molecule has 6 rings (SSSR count). The fourth-order valence-corrected chi connectivity index (χ4v) is 5.65. The van der Waals surface area contributed by atoms with Crippen LogP contribution in [-0.4, -0.2) is 49.7 Å². The van der Waals surface area contributed by atoms with Crippen LogP contribution in [0, 0.1) is 0 Å². The number of aryl methyl sites for hydroxylation is 1. The van der Waals surface area contributed by atoms with Crippen LogP contribution in [0.15, 0.2) is 94.7 Å². The van der Waals surface area contributed by atoms with Gasteiger partial charge in [0, 0.05) is 35.2 Å². The number of rotatable bonds is 10. The second-order valence-corrected chi connectivity index (χ2v) is 10.2. The van der Waals surface area contributed by atoms with Gasteiger partial charge in [0.05, 0.1) is 18.6 Å². The van der Waals surface area contributed by atoms with Gasteiger partial charge >= 0.3 is 0 Å². The summed E-state index contributed by atoms with van der Waals surface area (Å²) in [7, 11) is 0. The SMILES string of the molecule is O=C(CSc1nnc(CCCN2C(=O)c3cccc4cccc(c34)C2=O)n1-c1ccccc1)NCc1ccco1. The molecule has 10 heteroatoms. The van der Waals surface area contributed by atoms with E-state index in [0.29, 0.717) is 47.3 Å². The Hall–Kier alpha value is -4.70. The molecule has 2 aromatic heterocycles. The van der Waals surface area contributed by atoms with Crippen molar-refractivity contribution in [3.05, 3.63) is 108 Å². The number of carbonyl (C=O) groups is 3. The second-order valence-electron chi connectivity index (χ2n) is 9.29. The highest BCUT2D eigenvalue weighted by atomic mass is 32.2. The third kappa shape index (κ3) is 5.01. The fourth-order valence-electron chi connectivity index (χ4n) is 4.85. The number of imide groups is 1. The van der Waals surface area contributed by atoms with Crippen LogP contribution in [0.3, 0.4) is 0 Å². The minimum Gasteiger partial charge on any atom is -0.467 e. The van der Waals surface area contributed by atoms with Crippen LogP contribution in [0.2, 0.25) is 0 Å². The van der Waals surface area contributed by atoms with E-state index in [-0.39, 0.29) is 30.0 Å². The quantitative estimate of drug-likeness (QED) is 0.199. The molecule has 1 aliphatic rings. The summed E-state index contributed by atoms with van der Waals surface area (Å²) >= 11 is 1.29. The van der Waals surface area contributed by atoms with Gasteiger partial charge in [-0.3, -0.25) is 23.9 Å².